The van der Waals surface area contributed by atoms with Gasteiger partial charge in [-0.2, -0.15) is 0 Å². The Kier molecular flexibility index (Phi) is 9.13. The van der Waals surface area contributed by atoms with Crippen LogP contribution >= 0.6 is 0 Å². The molecule has 0 aromatic heterocycles. The minimum absolute atomic E-state index is 0.344. The van der Waals surface area contributed by atoms with Gasteiger partial charge in [0.05, 0.1) is 5.41 Å². The van der Waals surface area contributed by atoms with Gasteiger partial charge < -0.3 is 5.11 Å². The molecule has 2 heteroatoms. The largest absolute Gasteiger partial charge is 0.481 e. The first kappa shape index (κ1) is 17.5. The molecule has 2 atom stereocenters. The number of carboxylic acids is 1. The van der Waals surface area contributed by atoms with Gasteiger partial charge in [0.15, 0.2) is 0 Å². The third-order valence-electron chi connectivity index (χ3n) is 4.20. The molecule has 0 radical (unpaired) electrons. The van der Waals surface area contributed by atoms with Crippen molar-refractivity contribution in [1.29, 1.82) is 0 Å². The van der Waals surface area contributed by atoms with Crippen LogP contribution in [0.3, 0.4) is 0 Å². The number of carboxylic acid groups (broad SMARTS) is 1. The van der Waals surface area contributed by atoms with Gasteiger partial charge in [0.2, 0.25) is 0 Å². The maximum atomic E-state index is 11.6. The third-order valence-corrected chi connectivity index (χ3v) is 4.20. The van der Waals surface area contributed by atoms with Gasteiger partial charge in [0.25, 0.3) is 0 Å². The van der Waals surface area contributed by atoms with E-state index in [0.717, 1.165) is 32.1 Å². The van der Waals surface area contributed by atoms with E-state index in [1.165, 1.54) is 25.7 Å². The van der Waals surface area contributed by atoms with Crippen molar-refractivity contribution >= 4 is 5.97 Å². The molecule has 0 heterocycles. The smallest absolute Gasteiger partial charge is 0.309 e. The van der Waals surface area contributed by atoms with Crippen molar-refractivity contribution in [2.45, 2.75) is 85.5 Å². The Morgan fingerprint density at radius 1 is 1.00 bits per heavy atom. The highest BCUT2D eigenvalue weighted by Gasteiger charge is 2.39. The molecule has 108 valence electrons. The molecule has 1 N–H and O–H groups in total. The molecule has 0 amide bonds. The highest BCUT2D eigenvalue weighted by atomic mass is 16.4. The summed E-state index contributed by atoms with van der Waals surface area (Å²) >= 11 is 0. The Morgan fingerprint density at radius 3 is 2.11 bits per heavy atom. The zero-order chi connectivity index (χ0) is 14.0. The summed E-state index contributed by atoms with van der Waals surface area (Å²) in [4.78, 5) is 11.6. The SMILES string of the molecule is CCCCCC[C@@H](CCC)C(C)(CCC)C(=O)O. The number of hydrogen-bond donors (Lipinski definition) is 1. The quantitative estimate of drug-likeness (QED) is 0.512. The van der Waals surface area contributed by atoms with E-state index in [-0.39, 0.29) is 0 Å². The maximum Gasteiger partial charge on any atom is 0.309 e. The van der Waals surface area contributed by atoms with Crippen molar-refractivity contribution in [1.82, 2.24) is 0 Å². The summed E-state index contributed by atoms with van der Waals surface area (Å²) < 4.78 is 0. The fraction of sp³-hybridized carbons (Fsp3) is 0.938. The summed E-state index contributed by atoms with van der Waals surface area (Å²) in [5.41, 5.74) is -0.517. The van der Waals surface area contributed by atoms with Crippen LogP contribution in [0.15, 0.2) is 0 Å². The van der Waals surface area contributed by atoms with E-state index in [0.29, 0.717) is 5.92 Å². The molecule has 0 rings (SSSR count). The van der Waals surface area contributed by atoms with Gasteiger partial charge in [-0.05, 0) is 32.1 Å². The van der Waals surface area contributed by atoms with Crippen LogP contribution in [0, 0.1) is 11.3 Å². The lowest BCUT2D eigenvalue weighted by Gasteiger charge is -2.34. The van der Waals surface area contributed by atoms with E-state index in [1.807, 2.05) is 6.92 Å². The Hall–Kier alpha value is -0.530. The molecule has 0 bridgehead atoms. The first-order valence-electron chi connectivity index (χ1n) is 7.76. The predicted molar refractivity (Wildman–Crippen MR) is 77.8 cm³/mol. The fourth-order valence-electron chi connectivity index (χ4n) is 2.95. The summed E-state index contributed by atoms with van der Waals surface area (Å²) in [7, 11) is 0. The maximum absolute atomic E-state index is 11.6. The van der Waals surface area contributed by atoms with Crippen LogP contribution in [0.1, 0.15) is 85.5 Å². The van der Waals surface area contributed by atoms with Crippen LogP contribution < -0.4 is 0 Å². The van der Waals surface area contributed by atoms with Gasteiger partial charge in [-0.25, -0.2) is 0 Å². The zero-order valence-corrected chi connectivity index (χ0v) is 12.8. The Morgan fingerprint density at radius 2 is 1.67 bits per heavy atom. The van der Waals surface area contributed by atoms with Crippen molar-refractivity contribution < 1.29 is 9.90 Å². The Labute approximate surface area is 113 Å². The first-order valence-corrected chi connectivity index (χ1v) is 7.76. The van der Waals surface area contributed by atoms with Crippen LogP contribution in [-0.2, 0) is 4.79 Å². The molecule has 2 nitrogen and oxygen atoms in total. The molecule has 0 saturated carbocycles. The molecular formula is C16H32O2. The van der Waals surface area contributed by atoms with E-state index < -0.39 is 11.4 Å². The summed E-state index contributed by atoms with van der Waals surface area (Å²) in [6.45, 7) is 8.41. The molecule has 0 aromatic carbocycles. The van der Waals surface area contributed by atoms with Gasteiger partial charge in [0, 0.05) is 0 Å². The van der Waals surface area contributed by atoms with Crippen LogP contribution in [0.5, 0.6) is 0 Å². The summed E-state index contributed by atoms with van der Waals surface area (Å²) in [5, 5.41) is 9.56. The Bertz CT molecular complexity index is 225. The van der Waals surface area contributed by atoms with Crippen molar-refractivity contribution in [2.75, 3.05) is 0 Å². The van der Waals surface area contributed by atoms with Gasteiger partial charge in [-0.15, -0.1) is 0 Å². The summed E-state index contributed by atoms with van der Waals surface area (Å²) in [6.07, 6.45) is 9.93. The predicted octanol–water partition coefficient (Wildman–Crippen LogP) is 5.26. The lowest BCUT2D eigenvalue weighted by atomic mass is 9.70. The van der Waals surface area contributed by atoms with Gasteiger partial charge in [-0.1, -0.05) is 59.3 Å². The standard InChI is InChI=1S/C16H32O2/c1-5-8-9-10-12-14(11-6-2)16(4,13-7-3)15(17)18/h14H,5-13H2,1-4H3,(H,17,18)/t14-,16?/m1/s1. The molecule has 0 aliphatic carbocycles. The lowest BCUT2D eigenvalue weighted by Crippen LogP contribution is -2.36. The van der Waals surface area contributed by atoms with Crippen molar-refractivity contribution in [3.63, 3.8) is 0 Å². The molecule has 18 heavy (non-hydrogen) atoms. The van der Waals surface area contributed by atoms with Gasteiger partial charge in [-0.3, -0.25) is 4.79 Å². The van der Waals surface area contributed by atoms with E-state index in [9.17, 15) is 9.90 Å². The van der Waals surface area contributed by atoms with E-state index in [1.54, 1.807) is 0 Å². The first-order chi connectivity index (χ1) is 8.52. The minimum atomic E-state index is -0.599. The molecule has 1 unspecified atom stereocenters. The highest BCUT2D eigenvalue weighted by Crippen LogP contribution is 2.39. The highest BCUT2D eigenvalue weighted by molar-refractivity contribution is 5.74. The number of rotatable bonds is 11. The van der Waals surface area contributed by atoms with Gasteiger partial charge >= 0.3 is 5.97 Å². The molecule has 0 fully saturated rings. The second-order valence-electron chi connectivity index (χ2n) is 5.81. The summed E-state index contributed by atoms with van der Waals surface area (Å²) in [6, 6.07) is 0. The second kappa shape index (κ2) is 9.41. The Balaban J connectivity index is 4.55. The molecule has 0 aromatic rings. The molecule has 0 aliphatic heterocycles. The number of aliphatic carboxylic acids is 1. The van der Waals surface area contributed by atoms with Crippen molar-refractivity contribution in [2.24, 2.45) is 11.3 Å². The fourth-order valence-corrected chi connectivity index (χ4v) is 2.95. The van der Waals surface area contributed by atoms with E-state index in [2.05, 4.69) is 20.8 Å². The van der Waals surface area contributed by atoms with Crippen LogP contribution in [0.4, 0.5) is 0 Å². The molecular weight excluding hydrogens is 224 g/mol. The monoisotopic (exact) mass is 256 g/mol. The minimum Gasteiger partial charge on any atom is -0.481 e. The zero-order valence-electron chi connectivity index (χ0n) is 12.8. The van der Waals surface area contributed by atoms with E-state index >= 15 is 0 Å². The van der Waals surface area contributed by atoms with Crippen molar-refractivity contribution in [3.05, 3.63) is 0 Å². The average Bonchev–Trinajstić information content (AvgIpc) is 2.33. The van der Waals surface area contributed by atoms with Crippen LogP contribution in [-0.4, -0.2) is 11.1 Å². The number of hydrogen-bond acceptors (Lipinski definition) is 1. The average molecular weight is 256 g/mol. The normalized spacial score (nSPS) is 16.2. The van der Waals surface area contributed by atoms with Crippen molar-refractivity contribution in [3.8, 4) is 0 Å². The third kappa shape index (κ3) is 5.41. The lowest BCUT2D eigenvalue weighted by molar-refractivity contribution is -0.152. The topological polar surface area (TPSA) is 37.3 Å². The summed E-state index contributed by atoms with van der Waals surface area (Å²) in [5.74, 6) is -0.255. The number of unbranched alkanes of at least 4 members (excludes halogenated alkanes) is 3. The second-order valence-corrected chi connectivity index (χ2v) is 5.81. The molecule has 0 spiro atoms. The molecule has 0 aliphatic rings. The number of carbonyl (C=O) groups is 1. The van der Waals surface area contributed by atoms with Crippen LogP contribution in [0.2, 0.25) is 0 Å². The molecule has 0 saturated heterocycles. The van der Waals surface area contributed by atoms with E-state index in [4.69, 9.17) is 0 Å². The van der Waals surface area contributed by atoms with Gasteiger partial charge in [0.1, 0.15) is 0 Å². The van der Waals surface area contributed by atoms with Crippen LogP contribution in [0.25, 0.3) is 0 Å².